The molecular formula is C22H20N4O3. The number of imidazole rings is 1. The molecule has 0 bridgehead atoms. The van der Waals surface area contributed by atoms with Crippen LogP contribution < -0.4 is 15.6 Å². The molecule has 1 atom stereocenters. The molecule has 7 heteroatoms. The number of para-hydroxylation sites is 1. The van der Waals surface area contributed by atoms with Crippen LogP contribution in [0, 0.1) is 0 Å². The second kappa shape index (κ2) is 7.63. The third-order valence-electron chi connectivity index (χ3n) is 4.84. The van der Waals surface area contributed by atoms with Crippen LogP contribution in [0.3, 0.4) is 0 Å². The second-order valence-corrected chi connectivity index (χ2v) is 6.64. The van der Waals surface area contributed by atoms with Crippen LogP contribution in [0.4, 0.5) is 0 Å². The normalized spacial score (nSPS) is 11.9. The lowest BCUT2D eigenvalue weighted by Gasteiger charge is -2.21. The number of aryl methyl sites for hydroxylation is 1. The fraction of sp³-hybridized carbons (Fsp3) is 0.136. The van der Waals surface area contributed by atoms with Gasteiger partial charge in [0.25, 0.3) is 11.5 Å². The van der Waals surface area contributed by atoms with Crippen molar-refractivity contribution in [1.29, 1.82) is 0 Å². The van der Waals surface area contributed by atoms with E-state index in [2.05, 4.69) is 15.3 Å². The molecule has 2 aromatic carbocycles. The molecule has 0 aliphatic carbocycles. The monoisotopic (exact) mass is 388 g/mol. The van der Waals surface area contributed by atoms with Gasteiger partial charge < -0.3 is 19.6 Å². The Morgan fingerprint density at radius 1 is 1.17 bits per heavy atom. The summed E-state index contributed by atoms with van der Waals surface area (Å²) in [7, 11) is 3.44. The number of H-pyrrole nitrogens is 1. The third-order valence-corrected chi connectivity index (χ3v) is 4.84. The number of rotatable bonds is 5. The summed E-state index contributed by atoms with van der Waals surface area (Å²) >= 11 is 0. The largest absolute Gasteiger partial charge is 0.496 e. The number of carbonyl (C=O) groups excluding carboxylic acids is 1. The van der Waals surface area contributed by atoms with Gasteiger partial charge in [0, 0.05) is 30.4 Å². The van der Waals surface area contributed by atoms with Gasteiger partial charge in [0.05, 0.1) is 7.11 Å². The number of nitrogens with one attached hydrogen (secondary N) is 2. The lowest BCUT2D eigenvalue weighted by molar-refractivity contribution is 0.0935. The molecule has 4 aromatic rings. The number of amides is 1. The number of ether oxygens (including phenoxy) is 1. The minimum Gasteiger partial charge on any atom is -0.496 e. The smallest absolute Gasteiger partial charge is 0.268 e. The molecule has 0 saturated carbocycles. The van der Waals surface area contributed by atoms with E-state index in [1.165, 1.54) is 0 Å². The SMILES string of the molecule is COc1ccccc1C(NC(=O)c1cc2ccccc2c(=O)[nH]1)c1nccn1C. The van der Waals surface area contributed by atoms with E-state index in [9.17, 15) is 9.59 Å². The van der Waals surface area contributed by atoms with E-state index in [-0.39, 0.29) is 11.3 Å². The van der Waals surface area contributed by atoms with Crippen LogP contribution in [-0.2, 0) is 7.05 Å². The first-order chi connectivity index (χ1) is 14.1. The molecule has 7 nitrogen and oxygen atoms in total. The number of hydrogen-bond acceptors (Lipinski definition) is 4. The number of benzene rings is 2. The highest BCUT2D eigenvalue weighted by atomic mass is 16.5. The van der Waals surface area contributed by atoms with E-state index in [0.717, 1.165) is 5.56 Å². The number of fused-ring (bicyclic) bond motifs is 1. The number of methoxy groups -OCH3 is 1. The standard InChI is InChI=1S/C22H20N4O3/c1-26-12-11-23-20(26)19(16-9-5-6-10-18(16)29-2)25-22(28)17-13-14-7-3-4-8-15(14)21(27)24-17/h3-13,19H,1-2H3,(H,24,27)(H,25,28). The zero-order valence-electron chi connectivity index (χ0n) is 16.0. The van der Waals surface area contributed by atoms with Gasteiger partial charge in [-0.05, 0) is 23.6 Å². The number of aromatic nitrogens is 3. The molecule has 0 fully saturated rings. The van der Waals surface area contributed by atoms with Crippen LogP contribution in [0.25, 0.3) is 10.8 Å². The Morgan fingerprint density at radius 2 is 1.93 bits per heavy atom. The Balaban J connectivity index is 1.76. The van der Waals surface area contributed by atoms with Crippen LogP contribution >= 0.6 is 0 Å². The predicted octanol–water partition coefficient (Wildman–Crippen LogP) is 2.79. The van der Waals surface area contributed by atoms with Crippen molar-refractivity contribution < 1.29 is 9.53 Å². The maximum atomic E-state index is 13.1. The van der Waals surface area contributed by atoms with Crippen molar-refractivity contribution in [3.05, 3.63) is 94.4 Å². The maximum Gasteiger partial charge on any atom is 0.268 e. The molecule has 146 valence electrons. The molecule has 2 aromatic heterocycles. The van der Waals surface area contributed by atoms with Crippen molar-refractivity contribution in [2.75, 3.05) is 7.11 Å². The molecule has 0 aliphatic heterocycles. The van der Waals surface area contributed by atoms with Crippen LogP contribution in [0.2, 0.25) is 0 Å². The van der Waals surface area contributed by atoms with Crippen molar-refractivity contribution in [2.45, 2.75) is 6.04 Å². The Bertz CT molecular complexity index is 1240. The molecule has 4 rings (SSSR count). The van der Waals surface area contributed by atoms with Gasteiger partial charge in [-0.1, -0.05) is 36.4 Å². The van der Waals surface area contributed by atoms with Gasteiger partial charge >= 0.3 is 0 Å². The van der Waals surface area contributed by atoms with E-state index in [1.54, 1.807) is 37.6 Å². The summed E-state index contributed by atoms with van der Waals surface area (Å²) in [4.78, 5) is 32.5. The first-order valence-electron chi connectivity index (χ1n) is 9.11. The van der Waals surface area contributed by atoms with Crippen molar-refractivity contribution in [3.63, 3.8) is 0 Å². The molecule has 2 N–H and O–H groups in total. The molecule has 0 saturated heterocycles. The highest BCUT2D eigenvalue weighted by Gasteiger charge is 2.24. The minimum absolute atomic E-state index is 0.183. The molecule has 2 heterocycles. The minimum atomic E-state index is -0.561. The Kier molecular flexibility index (Phi) is 4.87. The Morgan fingerprint density at radius 3 is 2.69 bits per heavy atom. The summed E-state index contributed by atoms with van der Waals surface area (Å²) in [5.74, 6) is 0.866. The van der Waals surface area contributed by atoms with E-state index < -0.39 is 11.9 Å². The molecule has 0 aliphatic rings. The Labute approximate surface area is 167 Å². The van der Waals surface area contributed by atoms with Gasteiger partial charge in [0.1, 0.15) is 23.3 Å². The first-order valence-corrected chi connectivity index (χ1v) is 9.11. The number of hydrogen-bond donors (Lipinski definition) is 2. The summed E-state index contributed by atoms with van der Waals surface area (Å²) in [5.41, 5.74) is 0.641. The number of pyridine rings is 1. The fourth-order valence-electron chi connectivity index (χ4n) is 3.38. The van der Waals surface area contributed by atoms with E-state index in [4.69, 9.17) is 4.74 Å². The fourth-order valence-corrected chi connectivity index (χ4v) is 3.38. The summed E-state index contributed by atoms with van der Waals surface area (Å²) < 4.78 is 7.32. The third kappa shape index (κ3) is 3.50. The van der Waals surface area contributed by atoms with Gasteiger partial charge in [0.2, 0.25) is 0 Å². The van der Waals surface area contributed by atoms with Gasteiger partial charge in [-0.2, -0.15) is 0 Å². The summed E-state index contributed by atoms with van der Waals surface area (Å²) in [6.45, 7) is 0. The summed E-state index contributed by atoms with van der Waals surface area (Å²) in [6, 6.07) is 15.7. The lowest BCUT2D eigenvalue weighted by Crippen LogP contribution is -2.33. The summed E-state index contributed by atoms with van der Waals surface area (Å²) in [6.07, 6.45) is 3.48. The summed E-state index contributed by atoms with van der Waals surface area (Å²) in [5, 5.41) is 4.22. The molecule has 1 amide bonds. The average molecular weight is 388 g/mol. The van der Waals surface area contributed by atoms with Gasteiger partial charge in [-0.25, -0.2) is 4.98 Å². The van der Waals surface area contributed by atoms with Crippen LogP contribution in [0.1, 0.15) is 27.9 Å². The van der Waals surface area contributed by atoms with Crippen molar-refractivity contribution in [1.82, 2.24) is 19.9 Å². The van der Waals surface area contributed by atoms with Crippen molar-refractivity contribution in [3.8, 4) is 5.75 Å². The van der Waals surface area contributed by atoms with Crippen LogP contribution in [0.15, 0.2) is 71.8 Å². The van der Waals surface area contributed by atoms with Gasteiger partial charge in [-0.15, -0.1) is 0 Å². The van der Waals surface area contributed by atoms with Crippen LogP contribution in [0.5, 0.6) is 5.75 Å². The molecular weight excluding hydrogens is 368 g/mol. The zero-order valence-corrected chi connectivity index (χ0v) is 16.0. The Hall–Kier alpha value is -3.87. The topological polar surface area (TPSA) is 89.0 Å². The zero-order chi connectivity index (χ0) is 20.4. The van der Waals surface area contributed by atoms with E-state index >= 15 is 0 Å². The highest BCUT2D eigenvalue weighted by Crippen LogP contribution is 2.29. The molecule has 29 heavy (non-hydrogen) atoms. The van der Waals surface area contributed by atoms with Crippen molar-refractivity contribution in [2.24, 2.45) is 7.05 Å². The number of nitrogens with zero attached hydrogens (tertiary/aromatic N) is 2. The van der Waals surface area contributed by atoms with Crippen molar-refractivity contribution >= 4 is 16.7 Å². The quantitative estimate of drug-likeness (QED) is 0.550. The second-order valence-electron chi connectivity index (χ2n) is 6.64. The first kappa shape index (κ1) is 18.5. The maximum absolute atomic E-state index is 13.1. The molecule has 0 spiro atoms. The van der Waals surface area contributed by atoms with E-state index in [1.807, 2.05) is 48.1 Å². The molecule has 0 radical (unpaired) electrons. The van der Waals surface area contributed by atoms with Gasteiger partial charge in [-0.3, -0.25) is 9.59 Å². The highest BCUT2D eigenvalue weighted by molar-refractivity contribution is 5.96. The average Bonchev–Trinajstić information content (AvgIpc) is 3.17. The number of aromatic amines is 1. The lowest BCUT2D eigenvalue weighted by atomic mass is 10.0. The molecule has 1 unspecified atom stereocenters. The van der Waals surface area contributed by atoms with E-state index in [0.29, 0.717) is 22.3 Å². The number of carbonyl (C=O) groups is 1. The van der Waals surface area contributed by atoms with Gasteiger partial charge in [0.15, 0.2) is 0 Å². The van der Waals surface area contributed by atoms with Crippen LogP contribution in [-0.4, -0.2) is 27.6 Å². The predicted molar refractivity (Wildman–Crippen MR) is 110 cm³/mol.